The summed E-state index contributed by atoms with van der Waals surface area (Å²) in [7, 11) is 0. The van der Waals surface area contributed by atoms with E-state index in [9.17, 15) is 9.59 Å². The number of aromatic nitrogens is 1. The first-order chi connectivity index (χ1) is 14.5. The smallest absolute Gasteiger partial charge is 0.275 e. The molecule has 8 heteroatoms. The van der Waals surface area contributed by atoms with E-state index in [4.69, 9.17) is 11.6 Å². The monoisotopic (exact) mass is 453 g/mol. The number of nitrogens with one attached hydrogen (secondary N) is 2. The predicted molar refractivity (Wildman–Crippen MR) is 124 cm³/mol. The molecule has 0 bridgehead atoms. The van der Waals surface area contributed by atoms with Gasteiger partial charge in [0.15, 0.2) is 0 Å². The molecule has 30 heavy (non-hydrogen) atoms. The van der Waals surface area contributed by atoms with Gasteiger partial charge >= 0.3 is 0 Å². The number of nitrogens with zero attached hydrogens (tertiary/aromatic N) is 1. The highest BCUT2D eigenvalue weighted by atomic mass is 35.5. The van der Waals surface area contributed by atoms with E-state index in [0.29, 0.717) is 32.5 Å². The fourth-order valence-electron chi connectivity index (χ4n) is 2.84. The average Bonchev–Trinajstić information content (AvgIpc) is 3.39. The van der Waals surface area contributed by atoms with E-state index in [1.165, 1.54) is 22.7 Å². The van der Waals surface area contributed by atoms with E-state index in [1.807, 2.05) is 36.4 Å². The number of carbonyl (C=O) groups is 2. The molecule has 0 radical (unpaired) electrons. The van der Waals surface area contributed by atoms with Crippen LogP contribution in [0.1, 0.15) is 26.4 Å². The third kappa shape index (κ3) is 4.43. The van der Waals surface area contributed by atoms with Crippen LogP contribution in [-0.2, 0) is 0 Å². The van der Waals surface area contributed by atoms with Gasteiger partial charge in [0.05, 0.1) is 9.21 Å². The summed E-state index contributed by atoms with van der Waals surface area (Å²) in [5, 5.41) is 8.17. The van der Waals surface area contributed by atoms with E-state index in [0.717, 1.165) is 9.88 Å². The van der Waals surface area contributed by atoms with Gasteiger partial charge in [0.2, 0.25) is 0 Å². The number of thiophene rings is 1. The Balaban J connectivity index is 1.51. The first kappa shape index (κ1) is 20.3. The van der Waals surface area contributed by atoms with Crippen LogP contribution in [0.25, 0.3) is 9.88 Å². The fraction of sp³-hybridized carbons (Fsp3) is 0.0455. The molecule has 0 spiro atoms. The van der Waals surface area contributed by atoms with Crippen LogP contribution in [-0.4, -0.2) is 16.8 Å². The van der Waals surface area contributed by atoms with Crippen LogP contribution < -0.4 is 10.6 Å². The first-order valence-electron chi connectivity index (χ1n) is 9.00. The Bertz CT molecular complexity index is 1220. The van der Waals surface area contributed by atoms with Crippen LogP contribution in [0, 0.1) is 6.92 Å². The van der Waals surface area contributed by atoms with Gasteiger partial charge in [-0.2, -0.15) is 0 Å². The zero-order chi connectivity index (χ0) is 21.1. The van der Waals surface area contributed by atoms with E-state index in [-0.39, 0.29) is 11.8 Å². The van der Waals surface area contributed by atoms with Gasteiger partial charge in [0.25, 0.3) is 11.8 Å². The Labute approximate surface area is 186 Å². The van der Waals surface area contributed by atoms with Gasteiger partial charge in [-0.15, -0.1) is 22.7 Å². The summed E-state index contributed by atoms with van der Waals surface area (Å²) in [6, 6.07) is 18.1. The molecule has 150 valence electrons. The van der Waals surface area contributed by atoms with Crippen molar-refractivity contribution in [3.63, 3.8) is 0 Å². The van der Waals surface area contributed by atoms with Crippen molar-refractivity contribution in [3.05, 3.63) is 87.2 Å². The normalized spacial score (nSPS) is 10.6. The summed E-state index contributed by atoms with van der Waals surface area (Å²) < 4.78 is 0.674. The second-order valence-corrected chi connectivity index (χ2v) is 8.97. The molecular weight excluding hydrogens is 438 g/mol. The van der Waals surface area contributed by atoms with Gasteiger partial charge < -0.3 is 10.6 Å². The third-order valence-electron chi connectivity index (χ3n) is 4.38. The quantitative estimate of drug-likeness (QED) is 0.370. The molecule has 2 heterocycles. The number of halogens is 1. The van der Waals surface area contributed by atoms with E-state index in [1.54, 1.807) is 36.6 Å². The molecule has 0 saturated heterocycles. The number of carbonyl (C=O) groups excluding carboxylic acids is 2. The van der Waals surface area contributed by atoms with E-state index in [2.05, 4.69) is 15.6 Å². The van der Waals surface area contributed by atoms with Crippen molar-refractivity contribution < 1.29 is 9.59 Å². The number of rotatable bonds is 5. The number of amides is 2. The largest absolute Gasteiger partial charge is 0.322 e. The van der Waals surface area contributed by atoms with Crippen molar-refractivity contribution in [3.8, 4) is 9.88 Å². The van der Waals surface area contributed by atoms with Crippen molar-refractivity contribution in [2.24, 2.45) is 0 Å². The Morgan fingerprint density at radius 2 is 1.73 bits per heavy atom. The Kier molecular flexibility index (Phi) is 5.94. The second-order valence-electron chi connectivity index (χ2n) is 6.39. The number of thiazole rings is 1. The van der Waals surface area contributed by atoms with Crippen LogP contribution in [0.3, 0.4) is 0 Å². The lowest BCUT2D eigenvalue weighted by Crippen LogP contribution is -2.17. The third-order valence-corrected chi connectivity index (χ3v) is 6.62. The minimum Gasteiger partial charge on any atom is -0.322 e. The van der Waals surface area contributed by atoms with Gasteiger partial charge in [-0.05, 0) is 48.9 Å². The molecule has 0 unspecified atom stereocenters. The zero-order valence-corrected chi connectivity index (χ0v) is 18.2. The molecule has 5 nitrogen and oxygen atoms in total. The van der Waals surface area contributed by atoms with Crippen molar-refractivity contribution in [1.29, 1.82) is 0 Å². The number of anilines is 2. The van der Waals surface area contributed by atoms with Crippen LogP contribution in [0.4, 0.5) is 11.4 Å². The van der Waals surface area contributed by atoms with Crippen molar-refractivity contribution in [1.82, 2.24) is 4.98 Å². The topological polar surface area (TPSA) is 71.1 Å². The average molecular weight is 454 g/mol. The van der Waals surface area contributed by atoms with Crippen molar-refractivity contribution in [2.45, 2.75) is 6.92 Å². The maximum atomic E-state index is 12.7. The molecule has 2 amide bonds. The molecular formula is C22H16ClN3O2S2. The zero-order valence-electron chi connectivity index (χ0n) is 15.8. The van der Waals surface area contributed by atoms with Gasteiger partial charge in [-0.1, -0.05) is 35.9 Å². The molecule has 0 aliphatic rings. The molecule has 0 aliphatic heterocycles. The lowest BCUT2D eigenvalue weighted by molar-refractivity contribution is 0.101. The van der Waals surface area contributed by atoms with E-state index >= 15 is 0 Å². The summed E-state index contributed by atoms with van der Waals surface area (Å²) in [5.74, 6) is -0.566. The number of hydrogen-bond donors (Lipinski definition) is 2. The lowest BCUT2D eigenvalue weighted by Gasteiger charge is -2.12. The maximum Gasteiger partial charge on any atom is 0.275 e. The van der Waals surface area contributed by atoms with Crippen molar-refractivity contribution in [2.75, 3.05) is 10.6 Å². The molecule has 2 aromatic carbocycles. The second kappa shape index (κ2) is 8.79. The van der Waals surface area contributed by atoms with Gasteiger partial charge in [-0.3, -0.25) is 9.59 Å². The summed E-state index contributed by atoms with van der Waals surface area (Å²) in [5.41, 5.74) is 2.76. The fourth-order valence-corrected chi connectivity index (χ4v) is 4.76. The maximum absolute atomic E-state index is 12.7. The standard InChI is InChI=1S/C22H16ClN3O2S2/c1-13-15(20(27)24-14-6-3-2-4-7-14)8-5-9-16(13)25-21(28)17-12-29-22(26-17)18-10-11-19(23)30-18/h2-12H,1H3,(H,24,27)(H,25,28). The number of benzene rings is 2. The molecule has 2 aromatic heterocycles. The highest BCUT2D eigenvalue weighted by Gasteiger charge is 2.17. The predicted octanol–water partition coefficient (Wildman–Crippen LogP) is 6.34. The summed E-state index contributed by atoms with van der Waals surface area (Å²) >= 11 is 8.78. The van der Waals surface area contributed by atoms with Crippen LogP contribution in [0.2, 0.25) is 4.34 Å². The Morgan fingerprint density at radius 3 is 2.47 bits per heavy atom. The summed E-state index contributed by atoms with van der Waals surface area (Å²) in [4.78, 5) is 30.7. The number of para-hydroxylation sites is 1. The minimum absolute atomic E-state index is 0.236. The van der Waals surface area contributed by atoms with Gasteiger partial charge in [-0.25, -0.2) is 4.98 Å². The molecule has 4 aromatic rings. The summed E-state index contributed by atoms with van der Waals surface area (Å²) in [6.07, 6.45) is 0. The van der Waals surface area contributed by atoms with Crippen LogP contribution in [0.5, 0.6) is 0 Å². The molecule has 0 fully saturated rings. The lowest BCUT2D eigenvalue weighted by atomic mass is 10.1. The van der Waals surface area contributed by atoms with Gasteiger partial charge in [0.1, 0.15) is 10.7 Å². The highest BCUT2D eigenvalue weighted by molar-refractivity contribution is 7.23. The number of hydrogen-bond acceptors (Lipinski definition) is 5. The van der Waals surface area contributed by atoms with Crippen LogP contribution >= 0.6 is 34.3 Å². The van der Waals surface area contributed by atoms with E-state index < -0.39 is 0 Å². The van der Waals surface area contributed by atoms with Gasteiger partial charge in [0, 0.05) is 22.3 Å². The molecule has 4 rings (SSSR count). The Hall–Kier alpha value is -3.00. The SMILES string of the molecule is Cc1c(NC(=O)c2csc(-c3ccc(Cl)s3)n2)cccc1C(=O)Nc1ccccc1. The molecule has 0 saturated carbocycles. The first-order valence-corrected chi connectivity index (χ1v) is 11.1. The Morgan fingerprint density at radius 1 is 0.933 bits per heavy atom. The molecule has 0 atom stereocenters. The molecule has 0 aliphatic carbocycles. The summed E-state index contributed by atoms with van der Waals surface area (Å²) in [6.45, 7) is 1.80. The minimum atomic E-state index is -0.330. The highest BCUT2D eigenvalue weighted by Crippen LogP contribution is 2.33. The van der Waals surface area contributed by atoms with Crippen molar-refractivity contribution >= 4 is 57.5 Å². The molecule has 2 N–H and O–H groups in total. The van der Waals surface area contributed by atoms with Crippen LogP contribution in [0.15, 0.2) is 66.0 Å².